The molecular weight excluding hydrogens is 264 g/mol. The molecule has 6 nitrogen and oxygen atoms in total. The lowest BCUT2D eigenvalue weighted by Gasteiger charge is -2.23. The van der Waals surface area contributed by atoms with Crippen molar-refractivity contribution in [3.8, 4) is 0 Å². The van der Waals surface area contributed by atoms with Gasteiger partial charge in [-0.3, -0.25) is 4.68 Å². The number of nitrogens with zero attached hydrogens (tertiary/aromatic N) is 3. The maximum absolute atomic E-state index is 12.7. The fourth-order valence-electron chi connectivity index (χ4n) is 2.05. The predicted molar refractivity (Wildman–Crippen MR) is 75.4 cm³/mol. The van der Waals surface area contributed by atoms with E-state index in [4.69, 9.17) is 5.73 Å². The van der Waals surface area contributed by atoms with Crippen molar-refractivity contribution in [2.45, 2.75) is 44.6 Å². The molecule has 1 rings (SSSR count). The van der Waals surface area contributed by atoms with Gasteiger partial charge in [0.1, 0.15) is 4.90 Å². The highest BCUT2D eigenvalue weighted by Gasteiger charge is 2.31. The van der Waals surface area contributed by atoms with Gasteiger partial charge >= 0.3 is 0 Å². The first-order valence-corrected chi connectivity index (χ1v) is 7.98. The molecule has 0 saturated heterocycles. The number of hydrogen-bond donors (Lipinski definition) is 1. The quantitative estimate of drug-likeness (QED) is 0.827. The van der Waals surface area contributed by atoms with Gasteiger partial charge < -0.3 is 5.73 Å². The van der Waals surface area contributed by atoms with Crippen LogP contribution in [0, 0.1) is 0 Å². The zero-order valence-electron chi connectivity index (χ0n) is 12.3. The van der Waals surface area contributed by atoms with Gasteiger partial charge in [-0.25, -0.2) is 8.42 Å². The van der Waals surface area contributed by atoms with Crippen molar-refractivity contribution >= 4 is 10.0 Å². The van der Waals surface area contributed by atoms with Gasteiger partial charge in [-0.1, -0.05) is 13.8 Å². The Balaban J connectivity index is 3.43. The standard InChI is InChI=1S/C12H24N4O2S/c1-6-10-12(11(7-2)15(4)14-10)19(17,18)16(5)9(3)8-13/h9H,6-8,13H2,1-5H3. The summed E-state index contributed by atoms with van der Waals surface area (Å²) in [4.78, 5) is 0.350. The smallest absolute Gasteiger partial charge is 0.246 e. The fraction of sp³-hybridized carbons (Fsp3) is 0.750. The third-order valence-corrected chi connectivity index (χ3v) is 5.56. The first kappa shape index (κ1) is 16.1. The number of sulfonamides is 1. The van der Waals surface area contributed by atoms with Gasteiger partial charge in [0, 0.05) is 26.7 Å². The number of aromatic nitrogens is 2. The van der Waals surface area contributed by atoms with Crippen molar-refractivity contribution in [1.82, 2.24) is 14.1 Å². The van der Waals surface area contributed by atoms with Crippen LogP contribution < -0.4 is 5.73 Å². The van der Waals surface area contributed by atoms with Gasteiger partial charge in [0.05, 0.1) is 11.4 Å². The molecule has 2 N–H and O–H groups in total. The summed E-state index contributed by atoms with van der Waals surface area (Å²) in [7, 11) is -0.196. The van der Waals surface area contributed by atoms with E-state index in [1.165, 1.54) is 4.31 Å². The van der Waals surface area contributed by atoms with Crippen LogP contribution in [0.3, 0.4) is 0 Å². The van der Waals surface area contributed by atoms with E-state index in [9.17, 15) is 8.42 Å². The lowest BCUT2D eigenvalue weighted by atomic mass is 10.2. The Labute approximate surface area is 115 Å². The van der Waals surface area contributed by atoms with Crippen molar-refractivity contribution in [1.29, 1.82) is 0 Å². The molecule has 0 aliphatic rings. The molecule has 0 aromatic carbocycles. The van der Waals surface area contributed by atoms with E-state index in [0.29, 0.717) is 30.0 Å². The van der Waals surface area contributed by atoms with Crippen molar-refractivity contribution < 1.29 is 8.42 Å². The second kappa shape index (κ2) is 6.02. The minimum Gasteiger partial charge on any atom is -0.329 e. The Hall–Kier alpha value is -0.920. The van der Waals surface area contributed by atoms with Crippen molar-refractivity contribution in [2.75, 3.05) is 13.6 Å². The lowest BCUT2D eigenvalue weighted by Crippen LogP contribution is -2.40. The third-order valence-electron chi connectivity index (χ3n) is 3.45. The van der Waals surface area contributed by atoms with Crippen LogP contribution in [0.4, 0.5) is 0 Å². The minimum absolute atomic E-state index is 0.236. The van der Waals surface area contributed by atoms with Gasteiger partial charge in [-0.05, 0) is 19.8 Å². The summed E-state index contributed by atoms with van der Waals surface area (Å²) in [6, 6.07) is -0.236. The Morgan fingerprint density at radius 2 is 1.95 bits per heavy atom. The molecular formula is C12H24N4O2S. The van der Waals surface area contributed by atoms with Crippen LogP contribution in [0.1, 0.15) is 32.2 Å². The molecule has 0 amide bonds. The van der Waals surface area contributed by atoms with Crippen LogP contribution in [0.5, 0.6) is 0 Å². The fourth-order valence-corrected chi connectivity index (χ4v) is 3.95. The molecule has 1 atom stereocenters. The Morgan fingerprint density at radius 3 is 2.37 bits per heavy atom. The SMILES string of the molecule is CCc1nn(C)c(CC)c1S(=O)(=O)N(C)C(C)CN. The molecule has 0 fully saturated rings. The van der Waals surface area contributed by atoms with Crippen molar-refractivity contribution in [3.63, 3.8) is 0 Å². The average molecular weight is 288 g/mol. The van der Waals surface area contributed by atoms with Crippen LogP contribution in [-0.2, 0) is 29.9 Å². The minimum atomic E-state index is -3.54. The molecule has 1 unspecified atom stereocenters. The van der Waals surface area contributed by atoms with Gasteiger partial charge in [0.15, 0.2) is 0 Å². The second-order valence-corrected chi connectivity index (χ2v) is 6.59. The Morgan fingerprint density at radius 1 is 1.37 bits per heavy atom. The molecule has 0 radical (unpaired) electrons. The highest BCUT2D eigenvalue weighted by molar-refractivity contribution is 7.89. The van der Waals surface area contributed by atoms with E-state index in [-0.39, 0.29) is 6.04 Å². The zero-order chi connectivity index (χ0) is 14.8. The maximum atomic E-state index is 12.7. The highest BCUT2D eigenvalue weighted by atomic mass is 32.2. The van der Waals surface area contributed by atoms with Crippen LogP contribution in [0.25, 0.3) is 0 Å². The lowest BCUT2D eigenvalue weighted by molar-refractivity contribution is 0.393. The summed E-state index contributed by atoms with van der Waals surface area (Å²) in [5, 5.41) is 4.31. The third kappa shape index (κ3) is 2.82. The number of nitrogens with two attached hydrogens (primary N) is 1. The summed E-state index contributed by atoms with van der Waals surface area (Å²) in [6.07, 6.45) is 1.22. The molecule has 1 aromatic heterocycles. The van der Waals surface area contributed by atoms with E-state index in [1.54, 1.807) is 25.7 Å². The predicted octanol–water partition coefficient (Wildman–Crippen LogP) is 0.513. The van der Waals surface area contributed by atoms with E-state index >= 15 is 0 Å². The monoisotopic (exact) mass is 288 g/mol. The largest absolute Gasteiger partial charge is 0.329 e. The number of rotatable bonds is 6. The molecule has 0 aliphatic carbocycles. The summed E-state index contributed by atoms with van der Waals surface area (Å²) in [5.41, 5.74) is 6.93. The molecule has 0 aliphatic heterocycles. The second-order valence-electron chi connectivity index (χ2n) is 4.66. The van der Waals surface area contributed by atoms with E-state index in [1.807, 2.05) is 13.8 Å². The van der Waals surface area contributed by atoms with Crippen LogP contribution in [0.2, 0.25) is 0 Å². The normalized spacial score (nSPS) is 14.1. The van der Waals surface area contributed by atoms with Gasteiger partial charge in [-0.2, -0.15) is 9.40 Å². The molecule has 1 heterocycles. The topological polar surface area (TPSA) is 81.2 Å². The molecule has 7 heteroatoms. The van der Waals surface area contributed by atoms with E-state index in [2.05, 4.69) is 5.10 Å². The van der Waals surface area contributed by atoms with Crippen LogP contribution in [0.15, 0.2) is 4.90 Å². The summed E-state index contributed by atoms with van der Waals surface area (Å²) >= 11 is 0. The van der Waals surface area contributed by atoms with Gasteiger partial charge in [0.2, 0.25) is 10.0 Å². The van der Waals surface area contributed by atoms with Crippen molar-refractivity contribution in [3.05, 3.63) is 11.4 Å². The average Bonchev–Trinajstić information content (AvgIpc) is 2.73. The Bertz CT molecular complexity index is 536. The van der Waals surface area contributed by atoms with E-state index in [0.717, 1.165) is 5.69 Å². The molecule has 0 saturated carbocycles. The molecule has 0 bridgehead atoms. The van der Waals surface area contributed by atoms with Crippen molar-refractivity contribution in [2.24, 2.45) is 12.8 Å². The number of likely N-dealkylation sites (N-methyl/N-ethyl adjacent to an activating group) is 1. The molecule has 110 valence electrons. The first-order chi connectivity index (χ1) is 8.81. The number of aryl methyl sites for hydroxylation is 2. The van der Waals surface area contributed by atoms with Crippen LogP contribution >= 0.6 is 0 Å². The van der Waals surface area contributed by atoms with E-state index < -0.39 is 10.0 Å². The van der Waals surface area contributed by atoms with Gasteiger partial charge in [0.25, 0.3) is 0 Å². The number of hydrogen-bond acceptors (Lipinski definition) is 4. The highest BCUT2D eigenvalue weighted by Crippen LogP contribution is 2.25. The summed E-state index contributed by atoms with van der Waals surface area (Å²) < 4.78 is 28.4. The van der Waals surface area contributed by atoms with Gasteiger partial charge in [-0.15, -0.1) is 0 Å². The Kier molecular flexibility index (Phi) is 5.11. The first-order valence-electron chi connectivity index (χ1n) is 6.54. The molecule has 1 aromatic rings. The zero-order valence-corrected chi connectivity index (χ0v) is 13.2. The summed E-state index contributed by atoms with van der Waals surface area (Å²) in [5.74, 6) is 0. The summed E-state index contributed by atoms with van der Waals surface area (Å²) in [6.45, 7) is 5.93. The molecule has 0 spiro atoms. The maximum Gasteiger partial charge on any atom is 0.246 e. The molecule has 19 heavy (non-hydrogen) atoms. The van der Waals surface area contributed by atoms with Crippen LogP contribution in [-0.4, -0.2) is 42.1 Å².